The van der Waals surface area contributed by atoms with Crippen molar-refractivity contribution in [3.05, 3.63) is 52.5 Å². The molecule has 106 valence electrons. The van der Waals surface area contributed by atoms with Crippen molar-refractivity contribution in [3.63, 3.8) is 0 Å². The van der Waals surface area contributed by atoms with Crippen LogP contribution in [-0.2, 0) is 0 Å². The van der Waals surface area contributed by atoms with E-state index in [0.717, 1.165) is 4.70 Å². The number of fused-ring (bicyclic) bond motifs is 1. The van der Waals surface area contributed by atoms with E-state index in [1.165, 1.54) is 11.3 Å². The summed E-state index contributed by atoms with van der Waals surface area (Å²) in [5.74, 6) is 0. The number of hydrogen-bond donors (Lipinski definition) is 2. The smallest absolute Gasteiger partial charge is 0.308 e. The molecule has 0 aliphatic carbocycles. The normalized spacial score (nSPS) is 10.6. The molecule has 0 bridgehead atoms. The Morgan fingerprint density at radius 2 is 1.90 bits per heavy atom. The number of nitrogens with one attached hydrogen (secondary N) is 2. The Hall–Kier alpha value is -1.82. The number of carbonyl (C=O) groups is 1. The van der Waals surface area contributed by atoms with Gasteiger partial charge >= 0.3 is 6.03 Å². The van der Waals surface area contributed by atoms with Gasteiger partial charge in [0.05, 0.1) is 9.72 Å². The van der Waals surface area contributed by atoms with Crippen molar-refractivity contribution in [2.45, 2.75) is 0 Å². The first-order valence-electron chi connectivity index (χ1n) is 6.00. The topological polar surface area (TPSA) is 54.0 Å². The molecular weight excluding hydrogens is 329 g/mol. The largest absolute Gasteiger partial charge is 0.325 e. The van der Waals surface area contributed by atoms with Crippen LogP contribution < -0.4 is 10.6 Å². The van der Waals surface area contributed by atoms with Gasteiger partial charge in [-0.2, -0.15) is 0 Å². The zero-order valence-corrected chi connectivity index (χ0v) is 12.9. The van der Waals surface area contributed by atoms with Crippen molar-refractivity contribution < 1.29 is 4.79 Å². The van der Waals surface area contributed by atoms with Gasteiger partial charge in [0.15, 0.2) is 5.13 Å². The van der Waals surface area contributed by atoms with E-state index in [1.807, 2.05) is 12.1 Å². The lowest BCUT2D eigenvalue weighted by atomic mass is 10.3. The van der Waals surface area contributed by atoms with Gasteiger partial charge in [-0.05, 0) is 30.3 Å². The first-order chi connectivity index (χ1) is 10.1. The molecule has 0 atom stereocenters. The van der Waals surface area contributed by atoms with Crippen molar-refractivity contribution in [2.75, 3.05) is 10.6 Å². The molecule has 7 heteroatoms. The third-order valence-corrected chi connectivity index (χ3v) is 4.15. The molecule has 0 aliphatic heterocycles. The minimum atomic E-state index is -0.382. The average Bonchev–Trinajstić information content (AvgIpc) is 2.82. The van der Waals surface area contributed by atoms with Crippen molar-refractivity contribution in [3.8, 4) is 0 Å². The molecule has 2 aromatic carbocycles. The molecule has 0 spiro atoms. The van der Waals surface area contributed by atoms with Crippen LogP contribution in [0.15, 0.2) is 42.5 Å². The lowest BCUT2D eigenvalue weighted by Crippen LogP contribution is -2.19. The number of amides is 2. The average molecular weight is 338 g/mol. The summed E-state index contributed by atoms with van der Waals surface area (Å²) in [5, 5.41) is 6.97. The molecule has 0 saturated heterocycles. The molecule has 0 fully saturated rings. The van der Waals surface area contributed by atoms with Gasteiger partial charge in [-0.25, -0.2) is 9.78 Å². The molecule has 3 rings (SSSR count). The summed E-state index contributed by atoms with van der Waals surface area (Å²) in [6, 6.07) is 12.0. The number of para-hydroxylation sites is 1. The Balaban J connectivity index is 1.75. The lowest BCUT2D eigenvalue weighted by molar-refractivity contribution is 0.262. The van der Waals surface area contributed by atoms with E-state index in [-0.39, 0.29) is 6.03 Å². The summed E-state index contributed by atoms with van der Waals surface area (Å²) in [5.41, 5.74) is 1.29. The fraction of sp³-hybridized carbons (Fsp3) is 0. The van der Waals surface area contributed by atoms with Crippen LogP contribution in [0.5, 0.6) is 0 Å². The number of hydrogen-bond acceptors (Lipinski definition) is 3. The molecular formula is C14H9Cl2N3OS. The van der Waals surface area contributed by atoms with Gasteiger partial charge in [0.2, 0.25) is 0 Å². The first-order valence-corrected chi connectivity index (χ1v) is 7.58. The van der Waals surface area contributed by atoms with Crippen molar-refractivity contribution in [1.82, 2.24) is 4.98 Å². The molecule has 0 radical (unpaired) electrons. The third-order valence-electron chi connectivity index (χ3n) is 2.67. The second-order valence-electron chi connectivity index (χ2n) is 4.20. The molecule has 1 aromatic heterocycles. The summed E-state index contributed by atoms with van der Waals surface area (Å²) < 4.78 is 0.917. The fourth-order valence-electron chi connectivity index (χ4n) is 1.79. The number of urea groups is 1. The van der Waals surface area contributed by atoms with E-state index in [4.69, 9.17) is 23.2 Å². The molecule has 0 saturated carbocycles. The number of thiazole rings is 1. The summed E-state index contributed by atoms with van der Waals surface area (Å²) in [7, 11) is 0. The van der Waals surface area contributed by atoms with E-state index in [9.17, 15) is 4.79 Å². The van der Waals surface area contributed by atoms with Crippen LogP contribution in [0.3, 0.4) is 0 Å². The zero-order chi connectivity index (χ0) is 14.8. The van der Waals surface area contributed by atoms with Gasteiger partial charge in [-0.15, -0.1) is 0 Å². The zero-order valence-electron chi connectivity index (χ0n) is 10.6. The number of benzene rings is 2. The van der Waals surface area contributed by atoms with Gasteiger partial charge in [-0.1, -0.05) is 46.7 Å². The highest BCUT2D eigenvalue weighted by Crippen LogP contribution is 2.30. The molecule has 1 heterocycles. The monoisotopic (exact) mass is 337 g/mol. The van der Waals surface area contributed by atoms with E-state index in [2.05, 4.69) is 15.6 Å². The molecule has 2 N–H and O–H groups in total. The van der Waals surface area contributed by atoms with Crippen LogP contribution in [-0.4, -0.2) is 11.0 Å². The van der Waals surface area contributed by atoms with Gasteiger partial charge in [0, 0.05) is 10.7 Å². The summed E-state index contributed by atoms with van der Waals surface area (Å²) >= 11 is 13.3. The van der Waals surface area contributed by atoms with Crippen molar-refractivity contribution in [1.29, 1.82) is 0 Å². The van der Waals surface area contributed by atoms with Crippen LogP contribution in [0.2, 0.25) is 10.0 Å². The van der Waals surface area contributed by atoms with E-state index >= 15 is 0 Å². The maximum atomic E-state index is 11.9. The Morgan fingerprint density at radius 3 is 2.67 bits per heavy atom. The predicted octanol–water partition coefficient (Wildman–Crippen LogP) is 5.25. The number of aromatic nitrogens is 1. The van der Waals surface area contributed by atoms with Crippen LogP contribution in [0.25, 0.3) is 10.2 Å². The maximum Gasteiger partial charge on any atom is 0.325 e. The first kappa shape index (κ1) is 14.1. The van der Waals surface area contributed by atoms with E-state index < -0.39 is 0 Å². The lowest BCUT2D eigenvalue weighted by Gasteiger charge is -2.05. The summed E-state index contributed by atoms with van der Waals surface area (Å²) in [6.45, 7) is 0. The third kappa shape index (κ3) is 3.26. The van der Waals surface area contributed by atoms with Gasteiger partial charge in [-0.3, -0.25) is 5.32 Å². The van der Waals surface area contributed by atoms with Gasteiger partial charge < -0.3 is 5.32 Å². The Kier molecular flexibility index (Phi) is 3.96. The number of carbonyl (C=O) groups excluding carboxylic acids is 1. The molecule has 21 heavy (non-hydrogen) atoms. The number of nitrogens with zero attached hydrogens (tertiary/aromatic N) is 1. The second-order valence-corrected chi connectivity index (χ2v) is 6.07. The van der Waals surface area contributed by atoms with Crippen molar-refractivity contribution in [2.24, 2.45) is 0 Å². The summed E-state index contributed by atoms with van der Waals surface area (Å²) in [6.07, 6.45) is 0. The fourth-order valence-corrected chi connectivity index (χ4v) is 3.15. The quantitative estimate of drug-likeness (QED) is 0.671. The van der Waals surface area contributed by atoms with Gasteiger partial charge in [0.25, 0.3) is 0 Å². The minimum Gasteiger partial charge on any atom is -0.308 e. The molecule has 3 aromatic rings. The highest BCUT2D eigenvalue weighted by Gasteiger charge is 2.09. The summed E-state index contributed by atoms with van der Waals surface area (Å²) in [4.78, 5) is 16.2. The number of rotatable bonds is 2. The minimum absolute atomic E-state index is 0.382. The van der Waals surface area contributed by atoms with Crippen LogP contribution in [0.1, 0.15) is 0 Å². The van der Waals surface area contributed by atoms with E-state index in [0.29, 0.717) is 26.4 Å². The Morgan fingerprint density at radius 1 is 1.10 bits per heavy atom. The highest BCUT2D eigenvalue weighted by atomic mass is 35.5. The molecule has 0 aliphatic rings. The highest BCUT2D eigenvalue weighted by molar-refractivity contribution is 7.22. The second kappa shape index (κ2) is 5.89. The number of halogens is 2. The van der Waals surface area contributed by atoms with Crippen LogP contribution in [0.4, 0.5) is 15.6 Å². The van der Waals surface area contributed by atoms with E-state index in [1.54, 1.807) is 30.3 Å². The predicted molar refractivity (Wildman–Crippen MR) is 88.7 cm³/mol. The Labute approximate surface area is 134 Å². The molecule has 4 nitrogen and oxygen atoms in total. The molecule has 0 unspecified atom stereocenters. The maximum absolute atomic E-state index is 11.9. The van der Waals surface area contributed by atoms with Gasteiger partial charge in [0.1, 0.15) is 5.52 Å². The van der Waals surface area contributed by atoms with Crippen LogP contribution >= 0.6 is 34.5 Å². The van der Waals surface area contributed by atoms with Crippen LogP contribution in [0, 0.1) is 0 Å². The SMILES string of the molecule is O=C(Nc1cccc(Cl)c1)Nc1nc2c(Cl)cccc2s1. The number of anilines is 2. The van der Waals surface area contributed by atoms with Crippen molar-refractivity contribution >= 4 is 61.6 Å². The standard InChI is InChI=1S/C14H9Cl2N3OS/c15-8-3-1-4-9(7-8)17-13(20)19-14-18-12-10(16)5-2-6-11(12)21-14/h1-7H,(H2,17,18,19,20). The Bertz CT molecular complexity index is 819. The molecule has 2 amide bonds.